The van der Waals surface area contributed by atoms with Crippen molar-refractivity contribution in [2.45, 2.75) is 25.8 Å². The second-order valence-electron chi connectivity index (χ2n) is 9.90. The zero-order valence-corrected chi connectivity index (χ0v) is 20.4. The van der Waals surface area contributed by atoms with Crippen LogP contribution in [-0.4, -0.2) is 54.6 Å². The molecule has 2 aliphatic heterocycles. The normalized spacial score (nSPS) is 18.6. The molecule has 1 atom stereocenters. The van der Waals surface area contributed by atoms with Gasteiger partial charge in [-0.05, 0) is 53.6 Å². The number of Topliss-reactive ketones (excluding diaryl/α,β-unsaturated/α-hetero) is 1. The molecule has 6 rings (SSSR count). The van der Waals surface area contributed by atoms with Gasteiger partial charge in [0.1, 0.15) is 5.82 Å². The summed E-state index contributed by atoms with van der Waals surface area (Å²) in [6.45, 7) is 6.87. The van der Waals surface area contributed by atoms with Gasteiger partial charge in [0.2, 0.25) is 0 Å². The summed E-state index contributed by atoms with van der Waals surface area (Å²) < 4.78 is 0. The van der Waals surface area contributed by atoms with Crippen LogP contribution in [0.1, 0.15) is 46.2 Å². The van der Waals surface area contributed by atoms with Gasteiger partial charge in [-0.2, -0.15) is 0 Å². The molecule has 1 unspecified atom stereocenters. The Balaban J connectivity index is 1.33. The van der Waals surface area contributed by atoms with Crippen LogP contribution in [0, 0.1) is 0 Å². The number of aromatic nitrogens is 1. The standard InChI is InChI=1S/C30H30N4O/c1-20(21-6-4-3-5-7-21)26-15-24-16-27-25(14-23(24)17-28(26)35)19-32-30(27)22-8-9-31-29(18-22)34-12-10-33(2)11-13-34/h3-9,14-16,18,20H,10-13,17,19H2,1-2H3. The first kappa shape index (κ1) is 21.9. The smallest absolute Gasteiger partial charge is 0.163 e. The van der Waals surface area contributed by atoms with E-state index < -0.39 is 0 Å². The Kier molecular flexibility index (Phi) is 5.57. The number of likely N-dealkylation sites (N-methyl/N-ethyl adjacent to an activating group) is 1. The molecule has 1 fully saturated rings. The van der Waals surface area contributed by atoms with Crippen molar-refractivity contribution in [1.82, 2.24) is 9.88 Å². The van der Waals surface area contributed by atoms with Crippen LogP contribution in [0.15, 0.2) is 71.4 Å². The third-order valence-electron chi connectivity index (χ3n) is 7.62. The van der Waals surface area contributed by atoms with E-state index in [1.165, 1.54) is 16.7 Å². The van der Waals surface area contributed by atoms with E-state index >= 15 is 0 Å². The van der Waals surface area contributed by atoms with Crippen LogP contribution in [0.3, 0.4) is 0 Å². The number of benzene rings is 2. The molecule has 0 N–H and O–H groups in total. The summed E-state index contributed by atoms with van der Waals surface area (Å²) in [6, 6.07) is 19.0. The number of pyridine rings is 1. The zero-order valence-electron chi connectivity index (χ0n) is 20.4. The number of nitrogens with zero attached hydrogens (tertiary/aromatic N) is 4. The highest BCUT2D eigenvalue weighted by Gasteiger charge is 2.27. The minimum Gasteiger partial charge on any atom is -0.354 e. The molecule has 0 bridgehead atoms. The summed E-state index contributed by atoms with van der Waals surface area (Å²) in [5.41, 5.74) is 8.85. The Hall–Kier alpha value is -3.57. The molecule has 5 nitrogen and oxygen atoms in total. The van der Waals surface area contributed by atoms with Crippen molar-refractivity contribution in [3.05, 3.63) is 99.7 Å². The minimum atomic E-state index is 0.0737. The summed E-state index contributed by atoms with van der Waals surface area (Å²) in [7, 11) is 2.17. The lowest BCUT2D eigenvalue weighted by Crippen LogP contribution is -2.44. The number of fused-ring (bicyclic) bond motifs is 2. The Labute approximate surface area is 206 Å². The molecule has 3 aromatic rings. The van der Waals surface area contributed by atoms with Crippen molar-refractivity contribution < 1.29 is 4.79 Å². The van der Waals surface area contributed by atoms with E-state index in [4.69, 9.17) is 4.99 Å². The largest absolute Gasteiger partial charge is 0.354 e. The van der Waals surface area contributed by atoms with Crippen molar-refractivity contribution >= 4 is 23.4 Å². The topological polar surface area (TPSA) is 48.8 Å². The van der Waals surface area contributed by atoms with E-state index in [1.807, 2.05) is 24.4 Å². The molecule has 0 saturated carbocycles. The molecule has 0 amide bonds. The molecule has 3 heterocycles. The summed E-state index contributed by atoms with van der Waals surface area (Å²) in [5, 5.41) is 0. The maximum absolute atomic E-state index is 13.1. The van der Waals surface area contributed by atoms with Gasteiger partial charge in [0.25, 0.3) is 0 Å². The molecule has 1 aliphatic carbocycles. The summed E-state index contributed by atoms with van der Waals surface area (Å²) in [4.78, 5) is 27.3. The van der Waals surface area contributed by atoms with Gasteiger partial charge < -0.3 is 9.80 Å². The molecule has 5 heteroatoms. The molecule has 3 aliphatic rings. The fourth-order valence-corrected chi connectivity index (χ4v) is 5.43. The van der Waals surface area contributed by atoms with Crippen LogP contribution in [0.2, 0.25) is 0 Å². The third kappa shape index (κ3) is 4.10. The highest BCUT2D eigenvalue weighted by Crippen LogP contribution is 2.35. The average molecular weight is 463 g/mol. The van der Waals surface area contributed by atoms with Gasteiger partial charge in [0.15, 0.2) is 5.78 Å². The number of aliphatic imine (C=N–C) groups is 1. The van der Waals surface area contributed by atoms with Crippen molar-refractivity contribution in [2.24, 2.45) is 4.99 Å². The monoisotopic (exact) mass is 462 g/mol. The molecule has 2 aromatic carbocycles. The number of hydrogen-bond acceptors (Lipinski definition) is 5. The lowest BCUT2D eigenvalue weighted by molar-refractivity contribution is -0.115. The van der Waals surface area contributed by atoms with Crippen LogP contribution in [0.5, 0.6) is 0 Å². The van der Waals surface area contributed by atoms with Gasteiger partial charge in [-0.15, -0.1) is 0 Å². The number of carbonyl (C=O) groups excluding carboxylic acids is 1. The molecule has 1 aromatic heterocycles. The maximum Gasteiger partial charge on any atom is 0.163 e. The van der Waals surface area contributed by atoms with Crippen LogP contribution < -0.4 is 4.90 Å². The third-order valence-corrected chi connectivity index (χ3v) is 7.62. The van der Waals surface area contributed by atoms with Crippen LogP contribution in [0.25, 0.3) is 6.08 Å². The number of ketones is 1. The predicted molar refractivity (Wildman–Crippen MR) is 141 cm³/mol. The Morgan fingerprint density at radius 1 is 0.943 bits per heavy atom. The minimum absolute atomic E-state index is 0.0737. The summed E-state index contributed by atoms with van der Waals surface area (Å²) in [5.74, 6) is 1.32. The summed E-state index contributed by atoms with van der Waals surface area (Å²) >= 11 is 0. The van der Waals surface area contributed by atoms with Gasteiger partial charge in [0, 0.05) is 61.4 Å². The van der Waals surface area contributed by atoms with Crippen molar-refractivity contribution in [3.63, 3.8) is 0 Å². The van der Waals surface area contributed by atoms with E-state index in [0.717, 1.165) is 60.0 Å². The second kappa shape index (κ2) is 8.90. The molecule has 176 valence electrons. The van der Waals surface area contributed by atoms with Crippen LogP contribution in [-0.2, 0) is 17.8 Å². The van der Waals surface area contributed by atoms with E-state index in [0.29, 0.717) is 13.0 Å². The highest BCUT2D eigenvalue weighted by atomic mass is 16.1. The fourth-order valence-electron chi connectivity index (χ4n) is 5.43. The molecule has 0 radical (unpaired) electrons. The van der Waals surface area contributed by atoms with E-state index in [2.05, 4.69) is 71.2 Å². The molecule has 1 saturated heterocycles. The Morgan fingerprint density at radius 3 is 2.54 bits per heavy atom. The van der Waals surface area contributed by atoms with E-state index in [-0.39, 0.29) is 11.7 Å². The highest BCUT2D eigenvalue weighted by molar-refractivity contribution is 6.16. The number of anilines is 1. The number of rotatable bonds is 4. The van der Waals surface area contributed by atoms with E-state index in [1.54, 1.807) is 0 Å². The lowest BCUT2D eigenvalue weighted by atomic mass is 9.81. The molecular formula is C30H30N4O. The van der Waals surface area contributed by atoms with Crippen LogP contribution in [0.4, 0.5) is 5.82 Å². The first-order chi connectivity index (χ1) is 17.1. The zero-order chi connectivity index (χ0) is 23.9. The first-order valence-electron chi connectivity index (χ1n) is 12.5. The van der Waals surface area contributed by atoms with Gasteiger partial charge >= 0.3 is 0 Å². The van der Waals surface area contributed by atoms with Crippen molar-refractivity contribution in [1.29, 1.82) is 0 Å². The quantitative estimate of drug-likeness (QED) is 0.573. The predicted octanol–water partition coefficient (Wildman–Crippen LogP) is 4.50. The molecule has 35 heavy (non-hydrogen) atoms. The number of piperazine rings is 1. The SMILES string of the molecule is CC(C1=Cc2cc3c(cc2CC1=O)CN=C3c1ccnc(N2CCN(C)CC2)c1)c1ccccc1. The number of allylic oxidation sites excluding steroid dienone is 1. The molecule has 0 spiro atoms. The van der Waals surface area contributed by atoms with Crippen LogP contribution >= 0.6 is 0 Å². The first-order valence-corrected chi connectivity index (χ1v) is 12.5. The van der Waals surface area contributed by atoms with E-state index in [9.17, 15) is 4.79 Å². The Morgan fingerprint density at radius 2 is 1.74 bits per heavy atom. The average Bonchev–Trinajstić information content (AvgIpc) is 3.30. The van der Waals surface area contributed by atoms with Gasteiger partial charge in [-0.1, -0.05) is 43.3 Å². The van der Waals surface area contributed by atoms with Gasteiger partial charge in [0.05, 0.1) is 12.3 Å². The number of carbonyl (C=O) groups is 1. The van der Waals surface area contributed by atoms with Crippen molar-refractivity contribution in [3.8, 4) is 0 Å². The Bertz CT molecular complexity index is 1350. The fraction of sp³-hybridized carbons (Fsp3) is 0.300. The summed E-state index contributed by atoms with van der Waals surface area (Å²) in [6.07, 6.45) is 4.47. The van der Waals surface area contributed by atoms with Crippen molar-refractivity contribution in [2.75, 3.05) is 38.1 Å². The number of hydrogen-bond donors (Lipinski definition) is 0. The second-order valence-corrected chi connectivity index (χ2v) is 9.90. The molecular weight excluding hydrogens is 432 g/mol. The van der Waals surface area contributed by atoms with Gasteiger partial charge in [-0.25, -0.2) is 4.98 Å². The maximum atomic E-state index is 13.1. The van der Waals surface area contributed by atoms with Gasteiger partial charge in [-0.3, -0.25) is 9.79 Å². The lowest BCUT2D eigenvalue weighted by Gasteiger charge is -2.33.